The number of hydrogen-bond acceptors (Lipinski definition) is 4. The summed E-state index contributed by atoms with van der Waals surface area (Å²) in [4.78, 5) is 41.7. The van der Waals surface area contributed by atoms with Gasteiger partial charge in [0.15, 0.2) is 0 Å². The van der Waals surface area contributed by atoms with Gasteiger partial charge < -0.3 is 5.32 Å². The van der Waals surface area contributed by atoms with Crippen molar-refractivity contribution in [3.8, 4) is 0 Å². The monoisotopic (exact) mass is 510 g/mol. The SMILES string of the molecule is CCc1cccc(C)c1NC(=O)C(Sc1ccc(N2C(=O)C3CC=CCC3C2=O)cc1)c1ccccc1. The van der Waals surface area contributed by atoms with Crippen LogP contribution in [0.3, 0.4) is 0 Å². The molecule has 5 nitrogen and oxygen atoms in total. The van der Waals surface area contributed by atoms with Gasteiger partial charge in [-0.15, -0.1) is 11.8 Å². The first-order chi connectivity index (χ1) is 18.0. The molecule has 3 atom stereocenters. The summed E-state index contributed by atoms with van der Waals surface area (Å²) in [6, 6.07) is 23.2. The highest BCUT2D eigenvalue weighted by Gasteiger charge is 2.47. The second-order valence-electron chi connectivity index (χ2n) is 9.52. The molecule has 188 valence electrons. The first kappa shape index (κ1) is 25.0. The van der Waals surface area contributed by atoms with Crippen LogP contribution in [0.25, 0.3) is 0 Å². The fourth-order valence-corrected chi connectivity index (χ4v) is 6.18. The summed E-state index contributed by atoms with van der Waals surface area (Å²) in [5.41, 5.74) is 4.49. The summed E-state index contributed by atoms with van der Waals surface area (Å²) < 4.78 is 0. The molecule has 6 heteroatoms. The average molecular weight is 511 g/mol. The van der Waals surface area contributed by atoms with Crippen molar-refractivity contribution in [1.29, 1.82) is 0 Å². The number of nitrogens with zero attached hydrogens (tertiary/aromatic N) is 1. The topological polar surface area (TPSA) is 66.5 Å². The Morgan fingerprint density at radius 2 is 1.57 bits per heavy atom. The number of carbonyl (C=O) groups is 3. The summed E-state index contributed by atoms with van der Waals surface area (Å²) in [5.74, 6) is -0.845. The van der Waals surface area contributed by atoms with Gasteiger partial charge in [-0.3, -0.25) is 19.3 Å². The van der Waals surface area contributed by atoms with Gasteiger partial charge in [0.05, 0.1) is 17.5 Å². The zero-order valence-corrected chi connectivity index (χ0v) is 21.8. The van der Waals surface area contributed by atoms with Crippen molar-refractivity contribution in [1.82, 2.24) is 0 Å². The van der Waals surface area contributed by atoms with E-state index in [9.17, 15) is 14.4 Å². The molecule has 3 amide bonds. The molecular formula is C31H30N2O3S. The van der Waals surface area contributed by atoms with E-state index >= 15 is 0 Å². The number of nitrogens with one attached hydrogen (secondary N) is 1. The van der Waals surface area contributed by atoms with Crippen LogP contribution in [0, 0.1) is 18.8 Å². The Hall–Kier alpha value is -3.64. The number of aryl methyl sites for hydroxylation is 2. The number of thioether (sulfide) groups is 1. The summed E-state index contributed by atoms with van der Waals surface area (Å²) >= 11 is 1.45. The van der Waals surface area contributed by atoms with Crippen LogP contribution < -0.4 is 10.2 Å². The summed E-state index contributed by atoms with van der Waals surface area (Å²) in [6.07, 6.45) is 6.05. The normalized spacial score (nSPS) is 19.6. The number of imide groups is 1. The van der Waals surface area contributed by atoms with E-state index in [2.05, 4.69) is 12.2 Å². The second-order valence-corrected chi connectivity index (χ2v) is 10.7. The van der Waals surface area contributed by atoms with Gasteiger partial charge in [0.2, 0.25) is 17.7 Å². The Morgan fingerprint density at radius 1 is 0.919 bits per heavy atom. The second kappa shape index (κ2) is 10.8. The minimum absolute atomic E-state index is 0.0919. The number of carbonyl (C=O) groups excluding carboxylic acids is 3. The molecule has 0 radical (unpaired) electrons. The Morgan fingerprint density at radius 3 is 2.19 bits per heavy atom. The van der Waals surface area contributed by atoms with Crippen LogP contribution in [0.4, 0.5) is 11.4 Å². The number of amides is 3. The Bertz CT molecular complexity index is 1320. The van der Waals surface area contributed by atoms with Crippen LogP contribution in [-0.4, -0.2) is 17.7 Å². The van der Waals surface area contributed by atoms with Gasteiger partial charge in [-0.05, 0) is 67.1 Å². The molecule has 2 aliphatic rings. The van der Waals surface area contributed by atoms with E-state index < -0.39 is 5.25 Å². The molecule has 3 aromatic rings. The van der Waals surface area contributed by atoms with Gasteiger partial charge in [-0.25, -0.2) is 0 Å². The quantitative estimate of drug-likeness (QED) is 0.224. The standard InChI is InChI=1S/C31H30N2O3S/c1-3-21-13-9-10-20(2)27(21)32-29(34)28(22-11-5-4-6-12-22)37-24-18-16-23(17-19-24)33-30(35)25-14-7-8-15-26(25)31(33)36/h4-13,16-19,25-26,28H,3,14-15H2,1-2H3,(H,32,34). The predicted octanol–water partition coefficient (Wildman–Crippen LogP) is 6.49. The summed E-state index contributed by atoms with van der Waals surface area (Å²) in [7, 11) is 0. The number of para-hydroxylation sites is 1. The van der Waals surface area contributed by atoms with E-state index in [-0.39, 0.29) is 29.6 Å². The number of rotatable bonds is 7. The number of benzene rings is 3. The van der Waals surface area contributed by atoms with E-state index in [4.69, 9.17) is 0 Å². The summed E-state index contributed by atoms with van der Waals surface area (Å²) in [5, 5.41) is 2.71. The number of hydrogen-bond donors (Lipinski definition) is 1. The van der Waals surface area contributed by atoms with Crippen LogP contribution in [0.2, 0.25) is 0 Å². The van der Waals surface area contributed by atoms with E-state index in [1.807, 2.05) is 79.7 Å². The van der Waals surface area contributed by atoms with Crippen LogP contribution in [0.5, 0.6) is 0 Å². The van der Waals surface area contributed by atoms with Crippen LogP contribution in [-0.2, 0) is 20.8 Å². The van der Waals surface area contributed by atoms with Crippen molar-refractivity contribution >= 4 is 40.9 Å². The maximum absolute atomic E-state index is 13.6. The van der Waals surface area contributed by atoms with E-state index in [1.165, 1.54) is 16.7 Å². The van der Waals surface area contributed by atoms with Crippen molar-refractivity contribution in [2.24, 2.45) is 11.8 Å². The lowest BCUT2D eigenvalue weighted by Gasteiger charge is -2.20. The maximum atomic E-state index is 13.6. The molecule has 1 saturated heterocycles. The molecule has 5 rings (SSSR count). The van der Waals surface area contributed by atoms with Gasteiger partial charge >= 0.3 is 0 Å². The molecule has 1 aliphatic heterocycles. The average Bonchev–Trinajstić information content (AvgIpc) is 3.19. The zero-order valence-electron chi connectivity index (χ0n) is 21.0. The molecular weight excluding hydrogens is 480 g/mol. The Labute approximate surface area is 222 Å². The molecule has 0 spiro atoms. The van der Waals surface area contributed by atoms with Crippen molar-refractivity contribution in [2.45, 2.75) is 43.3 Å². The molecule has 0 saturated carbocycles. The third-order valence-electron chi connectivity index (χ3n) is 7.19. The van der Waals surface area contributed by atoms with Crippen molar-refractivity contribution in [2.75, 3.05) is 10.2 Å². The first-order valence-electron chi connectivity index (χ1n) is 12.7. The third-order valence-corrected chi connectivity index (χ3v) is 8.45. The highest BCUT2D eigenvalue weighted by Crippen LogP contribution is 2.40. The maximum Gasteiger partial charge on any atom is 0.242 e. The molecule has 1 N–H and O–H groups in total. The number of fused-ring (bicyclic) bond motifs is 1. The van der Waals surface area contributed by atoms with Crippen molar-refractivity contribution in [3.63, 3.8) is 0 Å². The molecule has 3 aromatic carbocycles. The third kappa shape index (κ3) is 4.98. The van der Waals surface area contributed by atoms with E-state index in [0.717, 1.165) is 33.7 Å². The minimum atomic E-state index is -0.472. The van der Waals surface area contributed by atoms with Gasteiger partial charge in [-0.1, -0.05) is 67.6 Å². The molecule has 3 unspecified atom stereocenters. The number of anilines is 2. The lowest BCUT2D eigenvalue weighted by molar-refractivity contribution is -0.122. The van der Waals surface area contributed by atoms with Gasteiger partial charge in [-0.2, -0.15) is 0 Å². The molecule has 0 bridgehead atoms. The largest absolute Gasteiger partial charge is 0.324 e. The van der Waals surface area contributed by atoms with Gasteiger partial charge in [0, 0.05) is 10.6 Å². The predicted molar refractivity (Wildman–Crippen MR) is 149 cm³/mol. The highest BCUT2D eigenvalue weighted by atomic mass is 32.2. The molecule has 1 fully saturated rings. The molecule has 1 heterocycles. The van der Waals surface area contributed by atoms with Crippen LogP contribution in [0.15, 0.2) is 89.8 Å². The van der Waals surface area contributed by atoms with Crippen LogP contribution in [0.1, 0.15) is 41.7 Å². The van der Waals surface area contributed by atoms with Crippen molar-refractivity contribution in [3.05, 3.63) is 102 Å². The lowest BCUT2D eigenvalue weighted by atomic mass is 9.85. The fraction of sp³-hybridized carbons (Fsp3) is 0.258. The van der Waals surface area contributed by atoms with E-state index in [0.29, 0.717) is 18.5 Å². The van der Waals surface area contributed by atoms with Gasteiger partial charge in [0.25, 0.3) is 0 Å². The molecule has 37 heavy (non-hydrogen) atoms. The fourth-order valence-electron chi connectivity index (χ4n) is 5.16. The highest BCUT2D eigenvalue weighted by molar-refractivity contribution is 8.00. The lowest BCUT2D eigenvalue weighted by Crippen LogP contribution is -2.30. The Balaban J connectivity index is 1.38. The number of allylic oxidation sites excluding steroid dienone is 2. The zero-order chi connectivity index (χ0) is 25.9. The summed E-state index contributed by atoms with van der Waals surface area (Å²) in [6.45, 7) is 4.09. The smallest absolute Gasteiger partial charge is 0.242 e. The first-order valence-corrected chi connectivity index (χ1v) is 13.6. The Kier molecular flexibility index (Phi) is 7.28. The van der Waals surface area contributed by atoms with Gasteiger partial charge in [0.1, 0.15) is 5.25 Å². The van der Waals surface area contributed by atoms with E-state index in [1.54, 1.807) is 12.1 Å². The molecule has 0 aromatic heterocycles. The van der Waals surface area contributed by atoms with Crippen LogP contribution >= 0.6 is 11.8 Å². The minimum Gasteiger partial charge on any atom is -0.324 e. The van der Waals surface area contributed by atoms with Crippen molar-refractivity contribution < 1.29 is 14.4 Å². The molecule has 1 aliphatic carbocycles.